The van der Waals surface area contributed by atoms with E-state index in [1.54, 1.807) is 0 Å². The van der Waals surface area contributed by atoms with Gasteiger partial charge in [-0.2, -0.15) is 0 Å². The van der Waals surface area contributed by atoms with Crippen LogP contribution in [0.3, 0.4) is 0 Å². The Morgan fingerprint density at radius 2 is 1.21 bits per heavy atom. The van der Waals surface area contributed by atoms with Crippen molar-refractivity contribution in [2.45, 2.75) is 109 Å². The van der Waals surface area contributed by atoms with E-state index < -0.39 is 5.97 Å². The average molecular weight is 345 g/mol. The smallest absolute Gasteiger partial charge is 0.303 e. The normalized spacial score (nSPS) is 13.8. The number of ether oxygens (including phenoxy) is 2. The second-order valence-corrected chi connectivity index (χ2v) is 6.84. The van der Waals surface area contributed by atoms with E-state index in [1.807, 2.05) is 14.2 Å². The predicted octanol–water partition coefficient (Wildman–Crippen LogP) is 5.58. The van der Waals surface area contributed by atoms with Crippen LogP contribution < -0.4 is 0 Å². The Morgan fingerprint density at radius 1 is 0.750 bits per heavy atom. The molecule has 0 aliphatic heterocycles. The third kappa shape index (κ3) is 14.9. The van der Waals surface area contributed by atoms with Gasteiger partial charge in [0.15, 0.2) is 0 Å². The summed E-state index contributed by atoms with van der Waals surface area (Å²) in [5.74, 6) is -0.682. The average Bonchev–Trinajstić information content (AvgIpc) is 2.57. The Balaban J connectivity index is 3.62. The third-order valence-electron chi connectivity index (χ3n) is 4.77. The molecule has 0 rings (SSSR count). The Bertz CT molecular complexity index is 281. The summed E-state index contributed by atoms with van der Waals surface area (Å²) in [6.45, 7) is 2.23. The van der Waals surface area contributed by atoms with Gasteiger partial charge in [-0.3, -0.25) is 4.79 Å². The number of hydrogen-bond acceptors (Lipinski definition) is 3. The first-order valence-corrected chi connectivity index (χ1v) is 9.91. The van der Waals surface area contributed by atoms with E-state index >= 15 is 0 Å². The number of rotatable bonds is 18. The summed E-state index contributed by atoms with van der Waals surface area (Å²) in [5, 5.41) is 8.60. The molecule has 0 fully saturated rings. The fraction of sp³-hybridized carbons (Fsp3) is 0.950. The Morgan fingerprint density at radius 3 is 1.71 bits per heavy atom. The molecule has 0 radical (unpaired) electrons. The van der Waals surface area contributed by atoms with Gasteiger partial charge in [0.25, 0.3) is 0 Å². The van der Waals surface area contributed by atoms with Crippen LogP contribution in [0.5, 0.6) is 0 Å². The second-order valence-electron chi connectivity index (χ2n) is 6.84. The zero-order chi connectivity index (χ0) is 18.0. The highest BCUT2D eigenvalue weighted by Crippen LogP contribution is 2.17. The predicted molar refractivity (Wildman–Crippen MR) is 99.5 cm³/mol. The SMILES string of the molecule is CCCCCC(CCCC(CCCCCCCC(=O)O)OC)OC. The van der Waals surface area contributed by atoms with Crippen molar-refractivity contribution in [1.29, 1.82) is 0 Å². The van der Waals surface area contributed by atoms with Gasteiger partial charge in [-0.15, -0.1) is 0 Å². The van der Waals surface area contributed by atoms with Crippen molar-refractivity contribution in [1.82, 2.24) is 0 Å². The Labute approximate surface area is 149 Å². The van der Waals surface area contributed by atoms with Gasteiger partial charge in [0.1, 0.15) is 0 Å². The van der Waals surface area contributed by atoms with E-state index in [0.717, 1.165) is 38.5 Å². The van der Waals surface area contributed by atoms with Gasteiger partial charge in [-0.1, -0.05) is 51.9 Å². The summed E-state index contributed by atoms with van der Waals surface area (Å²) < 4.78 is 11.2. The van der Waals surface area contributed by atoms with E-state index in [-0.39, 0.29) is 0 Å². The fourth-order valence-corrected chi connectivity index (χ4v) is 3.13. The lowest BCUT2D eigenvalue weighted by molar-refractivity contribution is -0.137. The molecule has 0 bridgehead atoms. The van der Waals surface area contributed by atoms with E-state index in [4.69, 9.17) is 14.6 Å². The van der Waals surface area contributed by atoms with E-state index in [1.165, 1.54) is 44.9 Å². The Hall–Kier alpha value is -0.610. The van der Waals surface area contributed by atoms with Crippen molar-refractivity contribution in [2.75, 3.05) is 14.2 Å². The standard InChI is InChI=1S/C20H40O4/c1-4-5-9-13-18(23-2)15-12-16-19(24-3)14-10-7-6-8-11-17-20(21)22/h18-19H,4-17H2,1-3H3,(H,21,22). The number of unbranched alkanes of at least 4 members (excludes halogenated alkanes) is 6. The number of carboxylic acids is 1. The largest absolute Gasteiger partial charge is 0.481 e. The molecule has 2 atom stereocenters. The summed E-state index contributed by atoms with van der Waals surface area (Å²) in [7, 11) is 3.64. The second kappa shape index (κ2) is 17.2. The van der Waals surface area contributed by atoms with E-state index in [9.17, 15) is 4.79 Å². The maximum Gasteiger partial charge on any atom is 0.303 e. The molecule has 0 heterocycles. The molecule has 0 saturated carbocycles. The minimum absolute atomic E-state index is 0.305. The molecule has 144 valence electrons. The van der Waals surface area contributed by atoms with Gasteiger partial charge in [0, 0.05) is 20.6 Å². The maximum absolute atomic E-state index is 10.4. The van der Waals surface area contributed by atoms with E-state index in [2.05, 4.69) is 6.92 Å². The molecule has 0 aromatic heterocycles. The Kier molecular flexibility index (Phi) is 16.8. The van der Waals surface area contributed by atoms with Crippen LogP contribution >= 0.6 is 0 Å². The highest BCUT2D eigenvalue weighted by molar-refractivity contribution is 5.66. The van der Waals surface area contributed by atoms with Crippen LogP contribution in [0.4, 0.5) is 0 Å². The molecule has 1 N–H and O–H groups in total. The quantitative estimate of drug-likeness (QED) is 0.330. The first-order valence-electron chi connectivity index (χ1n) is 9.91. The molecule has 0 saturated heterocycles. The molecule has 0 aromatic carbocycles. The van der Waals surface area contributed by atoms with Crippen LogP contribution in [0, 0.1) is 0 Å². The van der Waals surface area contributed by atoms with Crippen LogP contribution in [0.15, 0.2) is 0 Å². The van der Waals surface area contributed by atoms with Gasteiger partial charge in [-0.25, -0.2) is 0 Å². The van der Waals surface area contributed by atoms with Crippen LogP contribution in [-0.4, -0.2) is 37.5 Å². The van der Waals surface area contributed by atoms with Crippen molar-refractivity contribution in [3.8, 4) is 0 Å². The zero-order valence-corrected chi connectivity index (χ0v) is 16.2. The summed E-state index contributed by atoms with van der Waals surface area (Å²) >= 11 is 0. The molecule has 4 nitrogen and oxygen atoms in total. The molecular formula is C20H40O4. The lowest BCUT2D eigenvalue weighted by Crippen LogP contribution is -2.14. The molecule has 4 heteroatoms. The summed E-state index contributed by atoms with van der Waals surface area (Å²) in [4.78, 5) is 10.4. The van der Waals surface area contributed by atoms with Crippen molar-refractivity contribution >= 4 is 5.97 Å². The lowest BCUT2D eigenvalue weighted by atomic mass is 10.0. The van der Waals surface area contributed by atoms with Gasteiger partial charge in [-0.05, 0) is 38.5 Å². The number of methoxy groups -OCH3 is 2. The number of carboxylic acid groups (broad SMARTS) is 1. The highest BCUT2D eigenvalue weighted by Gasteiger charge is 2.11. The minimum Gasteiger partial charge on any atom is -0.481 e. The van der Waals surface area contributed by atoms with Crippen LogP contribution in [0.2, 0.25) is 0 Å². The molecule has 0 aromatic rings. The molecule has 2 unspecified atom stereocenters. The highest BCUT2D eigenvalue weighted by atomic mass is 16.5. The molecule has 0 amide bonds. The van der Waals surface area contributed by atoms with Gasteiger partial charge < -0.3 is 14.6 Å². The van der Waals surface area contributed by atoms with Gasteiger partial charge >= 0.3 is 5.97 Å². The van der Waals surface area contributed by atoms with Crippen molar-refractivity contribution in [3.63, 3.8) is 0 Å². The fourth-order valence-electron chi connectivity index (χ4n) is 3.13. The molecular weight excluding hydrogens is 304 g/mol. The van der Waals surface area contributed by atoms with Crippen molar-refractivity contribution in [3.05, 3.63) is 0 Å². The zero-order valence-electron chi connectivity index (χ0n) is 16.2. The van der Waals surface area contributed by atoms with Gasteiger partial charge in [0.05, 0.1) is 12.2 Å². The van der Waals surface area contributed by atoms with Crippen LogP contribution in [-0.2, 0) is 14.3 Å². The van der Waals surface area contributed by atoms with Crippen molar-refractivity contribution in [2.24, 2.45) is 0 Å². The third-order valence-corrected chi connectivity index (χ3v) is 4.77. The maximum atomic E-state index is 10.4. The summed E-state index contributed by atoms with van der Waals surface area (Å²) in [6, 6.07) is 0. The monoisotopic (exact) mass is 344 g/mol. The van der Waals surface area contributed by atoms with Crippen molar-refractivity contribution < 1.29 is 19.4 Å². The summed E-state index contributed by atoms with van der Waals surface area (Å²) in [5.41, 5.74) is 0. The van der Waals surface area contributed by atoms with E-state index in [0.29, 0.717) is 18.6 Å². The van der Waals surface area contributed by atoms with Gasteiger partial charge in [0.2, 0.25) is 0 Å². The minimum atomic E-state index is -0.682. The molecule has 0 aliphatic rings. The van der Waals surface area contributed by atoms with Crippen LogP contribution in [0.25, 0.3) is 0 Å². The van der Waals surface area contributed by atoms with Crippen LogP contribution in [0.1, 0.15) is 96.8 Å². The first kappa shape index (κ1) is 23.4. The molecule has 0 aliphatic carbocycles. The lowest BCUT2D eigenvalue weighted by Gasteiger charge is -2.18. The first-order chi connectivity index (χ1) is 11.6. The summed E-state index contributed by atoms with van der Waals surface area (Å²) in [6.07, 6.45) is 15.9. The molecule has 0 spiro atoms. The topological polar surface area (TPSA) is 55.8 Å². The number of hydrogen-bond donors (Lipinski definition) is 1. The molecule has 24 heavy (non-hydrogen) atoms. The number of aliphatic carboxylic acids is 1. The number of carbonyl (C=O) groups is 1.